The number of rotatable bonds is 5. The molecule has 0 aliphatic heterocycles. The normalized spacial score (nSPS) is 12.8. The highest BCUT2D eigenvalue weighted by Crippen LogP contribution is 2.32. The van der Waals surface area contributed by atoms with Gasteiger partial charge < -0.3 is 9.73 Å². The molecule has 9 nitrogen and oxygen atoms in total. The van der Waals surface area contributed by atoms with Gasteiger partial charge in [-0.2, -0.15) is 5.10 Å². The Labute approximate surface area is 211 Å². The van der Waals surface area contributed by atoms with Gasteiger partial charge in [-0.05, 0) is 55.8 Å². The Kier molecular flexibility index (Phi) is 5.82. The Bertz CT molecular complexity index is 1830. The summed E-state index contributed by atoms with van der Waals surface area (Å²) in [5.74, 6) is 0.411. The molecule has 2 aromatic carbocycles. The number of nitrogens with one attached hydrogen (secondary N) is 1. The second-order valence-electron chi connectivity index (χ2n) is 8.68. The standard InChI is InChI=1S/C25H22ClN5O4S/c1-13-8-17(14(2)28-20-6-7-23(26)29-25(20)36(27,33)34)24-18(9-13)21(32)11-22(35-24)15-4-5-19-16(10-15)12-31(3)30-19/h4-12,14,28H,1-3H3,(H2,27,33,34)/t14-/m1/s1. The first-order valence-electron chi connectivity index (χ1n) is 11.0. The Morgan fingerprint density at radius 1 is 1.14 bits per heavy atom. The summed E-state index contributed by atoms with van der Waals surface area (Å²) in [6, 6.07) is 13.3. The van der Waals surface area contributed by atoms with Crippen molar-refractivity contribution in [3.8, 4) is 11.3 Å². The molecule has 3 aromatic heterocycles. The monoisotopic (exact) mass is 523 g/mol. The molecular formula is C25H22ClN5O4S. The van der Waals surface area contributed by atoms with Gasteiger partial charge >= 0.3 is 0 Å². The van der Waals surface area contributed by atoms with Crippen molar-refractivity contribution in [2.24, 2.45) is 12.2 Å². The molecule has 0 aliphatic carbocycles. The van der Waals surface area contributed by atoms with Crippen molar-refractivity contribution < 1.29 is 12.8 Å². The first-order chi connectivity index (χ1) is 17.0. The number of nitrogens with two attached hydrogens (primary N) is 1. The summed E-state index contributed by atoms with van der Waals surface area (Å²) >= 11 is 5.89. The molecule has 3 heterocycles. The fraction of sp³-hybridized carbons (Fsp3) is 0.160. The van der Waals surface area contributed by atoms with Crippen LogP contribution in [0.1, 0.15) is 24.1 Å². The van der Waals surface area contributed by atoms with Gasteiger partial charge in [-0.25, -0.2) is 18.5 Å². The Morgan fingerprint density at radius 2 is 1.92 bits per heavy atom. The first-order valence-corrected chi connectivity index (χ1v) is 12.9. The molecule has 36 heavy (non-hydrogen) atoms. The Balaban J connectivity index is 1.64. The van der Waals surface area contributed by atoms with Gasteiger partial charge in [0.05, 0.1) is 22.6 Å². The summed E-state index contributed by atoms with van der Waals surface area (Å²) in [4.78, 5) is 17.0. The lowest BCUT2D eigenvalue weighted by atomic mass is 10.0. The van der Waals surface area contributed by atoms with E-state index in [4.69, 9.17) is 21.2 Å². The van der Waals surface area contributed by atoms with E-state index in [0.29, 0.717) is 22.3 Å². The maximum Gasteiger partial charge on any atom is 0.257 e. The van der Waals surface area contributed by atoms with E-state index in [2.05, 4.69) is 15.4 Å². The number of fused-ring (bicyclic) bond motifs is 2. The van der Waals surface area contributed by atoms with Crippen LogP contribution in [0.5, 0.6) is 0 Å². The zero-order chi connectivity index (χ0) is 25.8. The molecule has 1 atom stereocenters. The lowest BCUT2D eigenvalue weighted by Crippen LogP contribution is -2.18. The van der Waals surface area contributed by atoms with E-state index >= 15 is 0 Å². The quantitative estimate of drug-likeness (QED) is 0.323. The molecular weight excluding hydrogens is 502 g/mol. The summed E-state index contributed by atoms with van der Waals surface area (Å²) in [5.41, 5.74) is 3.48. The van der Waals surface area contributed by atoms with Gasteiger partial charge in [0.2, 0.25) is 0 Å². The minimum absolute atomic E-state index is 0.000503. The van der Waals surface area contributed by atoms with Crippen LogP contribution in [0.3, 0.4) is 0 Å². The van der Waals surface area contributed by atoms with E-state index < -0.39 is 16.1 Å². The summed E-state index contributed by atoms with van der Waals surface area (Å²) in [5, 5.41) is 13.8. The summed E-state index contributed by atoms with van der Waals surface area (Å²) in [7, 11) is -2.29. The van der Waals surface area contributed by atoms with E-state index in [0.717, 1.165) is 22.0 Å². The summed E-state index contributed by atoms with van der Waals surface area (Å²) < 4.78 is 32.2. The Morgan fingerprint density at radius 3 is 2.67 bits per heavy atom. The van der Waals surface area contributed by atoms with Gasteiger partial charge in [-0.1, -0.05) is 17.7 Å². The highest BCUT2D eigenvalue weighted by atomic mass is 35.5. The van der Waals surface area contributed by atoms with Crippen molar-refractivity contribution in [1.82, 2.24) is 14.8 Å². The van der Waals surface area contributed by atoms with Crippen molar-refractivity contribution in [1.29, 1.82) is 0 Å². The third-order valence-corrected chi connectivity index (χ3v) is 6.90. The molecule has 0 bridgehead atoms. The predicted octanol–water partition coefficient (Wildman–Crippen LogP) is 4.52. The molecule has 5 rings (SSSR count). The van der Waals surface area contributed by atoms with Crippen LogP contribution < -0.4 is 15.9 Å². The SMILES string of the molecule is Cc1cc([C@@H](C)Nc2ccc(Cl)nc2S(N)(=O)=O)c2oc(-c3ccc4nn(C)cc4c3)cc(=O)c2c1. The van der Waals surface area contributed by atoms with Gasteiger partial charge in [0, 0.05) is 35.8 Å². The van der Waals surface area contributed by atoms with Gasteiger partial charge in [0.1, 0.15) is 16.5 Å². The molecule has 0 saturated carbocycles. The number of aromatic nitrogens is 3. The summed E-state index contributed by atoms with van der Waals surface area (Å²) in [6.45, 7) is 3.70. The Hall–Kier alpha value is -3.73. The van der Waals surface area contributed by atoms with Crippen molar-refractivity contribution in [3.63, 3.8) is 0 Å². The molecule has 0 radical (unpaired) electrons. The second kappa shape index (κ2) is 8.74. The average molecular weight is 524 g/mol. The van der Waals surface area contributed by atoms with Crippen molar-refractivity contribution in [2.75, 3.05) is 5.32 Å². The summed E-state index contributed by atoms with van der Waals surface area (Å²) in [6.07, 6.45) is 1.89. The van der Waals surface area contributed by atoms with Crippen molar-refractivity contribution in [3.05, 3.63) is 81.2 Å². The fourth-order valence-corrected chi connectivity index (χ4v) is 5.11. The highest BCUT2D eigenvalue weighted by molar-refractivity contribution is 7.89. The maximum atomic E-state index is 13.1. The number of nitrogens with zero attached hydrogens (tertiary/aromatic N) is 3. The number of anilines is 1. The average Bonchev–Trinajstić information content (AvgIpc) is 3.18. The highest BCUT2D eigenvalue weighted by Gasteiger charge is 2.21. The number of pyridine rings is 1. The lowest BCUT2D eigenvalue weighted by molar-refractivity contribution is 0.594. The number of aryl methyl sites for hydroxylation is 2. The van der Waals surface area contributed by atoms with E-state index in [-0.39, 0.29) is 21.3 Å². The van der Waals surface area contributed by atoms with Crippen LogP contribution in [0.25, 0.3) is 33.2 Å². The topological polar surface area (TPSA) is 133 Å². The van der Waals surface area contributed by atoms with Crippen LogP contribution in [0.4, 0.5) is 5.69 Å². The number of hydrogen-bond acceptors (Lipinski definition) is 7. The molecule has 0 fully saturated rings. The number of primary sulfonamides is 1. The third kappa shape index (κ3) is 4.46. The largest absolute Gasteiger partial charge is 0.455 e. The first kappa shape index (κ1) is 24.0. The third-order valence-electron chi connectivity index (χ3n) is 5.84. The lowest BCUT2D eigenvalue weighted by Gasteiger charge is -2.19. The van der Waals surface area contributed by atoms with Gasteiger partial charge in [0.25, 0.3) is 10.0 Å². The van der Waals surface area contributed by atoms with Gasteiger partial charge in [0.15, 0.2) is 10.5 Å². The van der Waals surface area contributed by atoms with Crippen molar-refractivity contribution >= 4 is 49.2 Å². The molecule has 0 aliphatic rings. The zero-order valence-corrected chi connectivity index (χ0v) is 21.2. The number of sulfonamides is 1. The van der Waals surface area contributed by atoms with E-state index in [9.17, 15) is 13.2 Å². The molecule has 0 unspecified atom stereocenters. The van der Waals surface area contributed by atoms with Crippen LogP contribution >= 0.6 is 11.6 Å². The van der Waals surface area contributed by atoms with Crippen LogP contribution in [0.15, 0.2) is 69.0 Å². The van der Waals surface area contributed by atoms with Crippen LogP contribution in [0.2, 0.25) is 5.15 Å². The predicted molar refractivity (Wildman–Crippen MR) is 140 cm³/mol. The molecule has 184 valence electrons. The van der Waals surface area contributed by atoms with E-state index in [1.807, 2.05) is 51.4 Å². The van der Waals surface area contributed by atoms with E-state index in [1.165, 1.54) is 18.2 Å². The fourth-order valence-electron chi connectivity index (χ4n) is 4.26. The minimum atomic E-state index is -4.14. The van der Waals surface area contributed by atoms with Gasteiger partial charge in [-0.15, -0.1) is 0 Å². The number of hydrogen-bond donors (Lipinski definition) is 2. The number of halogens is 1. The molecule has 11 heteroatoms. The molecule has 0 spiro atoms. The van der Waals surface area contributed by atoms with Gasteiger partial charge in [-0.3, -0.25) is 9.48 Å². The molecule has 0 amide bonds. The molecule has 5 aromatic rings. The van der Waals surface area contributed by atoms with Crippen LogP contribution in [-0.2, 0) is 17.1 Å². The number of benzene rings is 2. The van der Waals surface area contributed by atoms with Crippen LogP contribution in [-0.4, -0.2) is 23.2 Å². The minimum Gasteiger partial charge on any atom is -0.455 e. The molecule has 3 N–H and O–H groups in total. The second-order valence-corrected chi connectivity index (χ2v) is 10.5. The smallest absolute Gasteiger partial charge is 0.257 e. The van der Waals surface area contributed by atoms with Crippen LogP contribution in [0, 0.1) is 6.92 Å². The van der Waals surface area contributed by atoms with Crippen molar-refractivity contribution in [2.45, 2.75) is 24.9 Å². The van der Waals surface area contributed by atoms with E-state index in [1.54, 1.807) is 10.7 Å². The molecule has 0 saturated heterocycles. The zero-order valence-electron chi connectivity index (χ0n) is 19.6. The maximum absolute atomic E-state index is 13.1.